The van der Waals surface area contributed by atoms with Crippen molar-refractivity contribution in [2.75, 3.05) is 11.1 Å². The number of hydrogen-bond acceptors (Lipinski definition) is 4. The molecule has 0 bridgehead atoms. The number of nitrogens with one attached hydrogen (secondary N) is 2. The average Bonchev–Trinajstić information content (AvgIpc) is 2.90. The van der Waals surface area contributed by atoms with Gasteiger partial charge in [0.1, 0.15) is 11.6 Å². The van der Waals surface area contributed by atoms with Gasteiger partial charge >= 0.3 is 0 Å². The Kier molecular flexibility index (Phi) is 4.95. The third-order valence-electron chi connectivity index (χ3n) is 2.82. The molecule has 7 heteroatoms. The molecule has 1 amide bonds. The van der Waals surface area contributed by atoms with Crippen LogP contribution in [0.1, 0.15) is 31.2 Å². The molecule has 0 atom stereocenters. The van der Waals surface area contributed by atoms with Crippen molar-refractivity contribution >= 4 is 23.4 Å². The summed E-state index contributed by atoms with van der Waals surface area (Å²) in [5.74, 6) is 0.662. The zero-order chi connectivity index (χ0) is 15.4. The number of aromatic nitrogens is 3. The number of aryl methyl sites for hydroxylation is 1. The first-order valence-electron chi connectivity index (χ1n) is 6.57. The molecule has 1 aromatic heterocycles. The smallest absolute Gasteiger partial charge is 0.234 e. The van der Waals surface area contributed by atoms with E-state index >= 15 is 0 Å². The molecule has 0 aliphatic carbocycles. The first kappa shape index (κ1) is 15.5. The van der Waals surface area contributed by atoms with Crippen molar-refractivity contribution in [3.05, 3.63) is 35.4 Å². The van der Waals surface area contributed by atoms with E-state index in [1.54, 1.807) is 19.1 Å². The fraction of sp³-hybridized carbons (Fsp3) is 0.357. The minimum Gasteiger partial charge on any atom is -0.325 e. The van der Waals surface area contributed by atoms with Crippen molar-refractivity contribution < 1.29 is 9.18 Å². The number of hydrogen-bond donors (Lipinski definition) is 2. The number of rotatable bonds is 5. The zero-order valence-electron chi connectivity index (χ0n) is 12.1. The molecule has 1 aromatic carbocycles. The second-order valence-electron chi connectivity index (χ2n) is 4.96. The molecular formula is C14H17FN4OS. The van der Waals surface area contributed by atoms with Crippen LogP contribution in [0.15, 0.2) is 23.4 Å². The van der Waals surface area contributed by atoms with Crippen LogP contribution in [-0.2, 0) is 4.79 Å². The topological polar surface area (TPSA) is 70.7 Å². The number of anilines is 1. The number of carbonyl (C=O) groups excluding carboxylic acids is 1. The summed E-state index contributed by atoms with van der Waals surface area (Å²) in [6, 6.07) is 4.61. The highest BCUT2D eigenvalue weighted by Gasteiger charge is 2.10. The molecule has 0 aliphatic rings. The van der Waals surface area contributed by atoms with Crippen molar-refractivity contribution in [2.45, 2.75) is 31.8 Å². The van der Waals surface area contributed by atoms with Crippen molar-refractivity contribution in [1.29, 1.82) is 0 Å². The van der Waals surface area contributed by atoms with Crippen LogP contribution in [-0.4, -0.2) is 26.8 Å². The summed E-state index contributed by atoms with van der Waals surface area (Å²) in [6.07, 6.45) is 0. The molecule has 21 heavy (non-hydrogen) atoms. The zero-order valence-corrected chi connectivity index (χ0v) is 12.9. The number of halogens is 1. The monoisotopic (exact) mass is 308 g/mol. The van der Waals surface area contributed by atoms with E-state index in [4.69, 9.17) is 0 Å². The summed E-state index contributed by atoms with van der Waals surface area (Å²) in [5.41, 5.74) is 0.992. The molecule has 0 fully saturated rings. The van der Waals surface area contributed by atoms with E-state index < -0.39 is 0 Å². The average molecular weight is 308 g/mol. The number of nitrogens with zero attached hydrogens (tertiary/aromatic N) is 2. The first-order chi connectivity index (χ1) is 9.95. The lowest BCUT2D eigenvalue weighted by Crippen LogP contribution is -2.14. The van der Waals surface area contributed by atoms with E-state index in [-0.39, 0.29) is 23.4 Å². The fourth-order valence-electron chi connectivity index (χ4n) is 1.58. The van der Waals surface area contributed by atoms with Gasteiger partial charge in [0.2, 0.25) is 11.1 Å². The standard InChI is InChI=1S/C14H17FN4OS/c1-8(2)13-17-14(19-18-13)21-7-12(20)16-10-5-4-9(3)11(15)6-10/h4-6,8H,7H2,1-3H3,(H,16,20)(H,17,18,19). The van der Waals surface area contributed by atoms with Gasteiger partial charge in [-0.05, 0) is 24.6 Å². The quantitative estimate of drug-likeness (QED) is 0.833. The molecule has 0 radical (unpaired) electrons. The van der Waals surface area contributed by atoms with E-state index in [0.717, 1.165) is 5.82 Å². The summed E-state index contributed by atoms with van der Waals surface area (Å²) >= 11 is 1.23. The number of aromatic amines is 1. The van der Waals surface area contributed by atoms with Gasteiger partial charge in [-0.1, -0.05) is 31.7 Å². The second-order valence-corrected chi connectivity index (χ2v) is 5.90. The predicted molar refractivity (Wildman–Crippen MR) is 81.0 cm³/mol. The van der Waals surface area contributed by atoms with Gasteiger partial charge in [-0.15, -0.1) is 5.10 Å². The Bertz CT molecular complexity index is 642. The number of carbonyl (C=O) groups is 1. The Balaban J connectivity index is 1.88. The Morgan fingerprint density at radius 3 is 2.86 bits per heavy atom. The van der Waals surface area contributed by atoms with Crippen LogP contribution in [0.4, 0.5) is 10.1 Å². The predicted octanol–water partition coefficient (Wildman–Crippen LogP) is 3.11. The van der Waals surface area contributed by atoms with Crippen LogP contribution >= 0.6 is 11.8 Å². The van der Waals surface area contributed by atoms with Crippen LogP contribution in [0, 0.1) is 12.7 Å². The van der Waals surface area contributed by atoms with Gasteiger partial charge in [-0.2, -0.15) is 0 Å². The van der Waals surface area contributed by atoms with Crippen LogP contribution in [0.5, 0.6) is 0 Å². The van der Waals surface area contributed by atoms with Gasteiger partial charge in [0.05, 0.1) is 5.75 Å². The molecule has 0 aliphatic heterocycles. The van der Waals surface area contributed by atoms with Crippen LogP contribution in [0.2, 0.25) is 0 Å². The second kappa shape index (κ2) is 6.71. The molecule has 5 nitrogen and oxygen atoms in total. The third-order valence-corrected chi connectivity index (χ3v) is 3.66. The molecule has 0 saturated carbocycles. The maximum absolute atomic E-state index is 13.4. The highest BCUT2D eigenvalue weighted by molar-refractivity contribution is 7.99. The summed E-state index contributed by atoms with van der Waals surface area (Å²) < 4.78 is 13.4. The van der Waals surface area contributed by atoms with Crippen molar-refractivity contribution in [3.63, 3.8) is 0 Å². The molecule has 0 saturated heterocycles. The summed E-state index contributed by atoms with van der Waals surface area (Å²) in [5, 5.41) is 10.0. The van der Waals surface area contributed by atoms with Gasteiger partial charge in [-0.3, -0.25) is 9.89 Å². The normalized spacial score (nSPS) is 10.9. The van der Waals surface area contributed by atoms with Crippen LogP contribution in [0.3, 0.4) is 0 Å². The van der Waals surface area contributed by atoms with Gasteiger partial charge in [0.25, 0.3) is 0 Å². The van der Waals surface area contributed by atoms with E-state index in [0.29, 0.717) is 16.4 Å². The fourth-order valence-corrected chi connectivity index (χ4v) is 2.18. The van der Waals surface area contributed by atoms with Gasteiger partial charge in [-0.25, -0.2) is 9.37 Å². The molecule has 0 spiro atoms. The molecular weight excluding hydrogens is 291 g/mol. The largest absolute Gasteiger partial charge is 0.325 e. The van der Waals surface area contributed by atoms with E-state index in [1.807, 2.05) is 13.8 Å². The first-order valence-corrected chi connectivity index (χ1v) is 7.55. The van der Waals surface area contributed by atoms with E-state index in [1.165, 1.54) is 17.8 Å². The maximum Gasteiger partial charge on any atom is 0.234 e. The molecule has 2 N–H and O–H groups in total. The molecule has 2 aromatic rings. The minimum atomic E-state index is -0.337. The summed E-state index contributed by atoms with van der Waals surface area (Å²) in [4.78, 5) is 16.1. The molecule has 0 unspecified atom stereocenters. The lowest BCUT2D eigenvalue weighted by atomic mass is 10.2. The Hall–Kier alpha value is -1.89. The number of thioether (sulfide) groups is 1. The molecule has 1 heterocycles. The highest BCUT2D eigenvalue weighted by atomic mass is 32.2. The van der Waals surface area contributed by atoms with E-state index in [2.05, 4.69) is 20.5 Å². The SMILES string of the molecule is Cc1ccc(NC(=O)CSc2n[nH]c(C(C)C)n2)cc1F. The summed E-state index contributed by atoms with van der Waals surface area (Å²) in [6.45, 7) is 5.69. The van der Waals surface area contributed by atoms with Gasteiger partial charge < -0.3 is 5.32 Å². The number of H-pyrrole nitrogens is 1. The Labute approximate surface area is 126 Å². The van der Waals surface area contributed by atoms with Crippen LogP contribution in [0.25, 0.3) is 0 Å². The molecule has 2 rings (SSSR count). The van der Waals surface area contributed by atoms with Crippen molar-refractivity contribution in [1.82, 2.24) is 15.2 Å². The molecule has 112 valence electrons. The van der Waals surface area contributed by atoms with E-state index in [9.17, 15) is 9.18 Å². The number of benzene rings is 1. The lowest BCUT2D eigenvalue weighted by molar-refractivity contribution is -0.113. The van der Waals surface area contributed by atoms with Crippen molar-refractivity contribution in [2.24, 2.45) is 0 Å². The maximum atomic E-state index is 13.4. The lowest BCUT2D eigenvalue weighted by Gasteiger charge is -2.05. The van der Waals surface area contributed by atoms with Crippen LogP contribution < -0.4 is 5.32 Å². The third kappa shape index (κ3) is 4.29. The Morgan fingerprint density at radius 1 is 1.48 bits per heavy atom. The summed E-state index contributed by atoms with van der Waals surface area (Å²) in [7, 11) is 0. The van der Waals surface area contributed by atoms with Crippen molar-refractivity contribution in [3.8, 4) is 0 Å². The van der Waals surface area contributed by atoms with Gasteiger partial charge in [0.15, 0.2) is 0 Å². The highest BCUT2D eigenvalue weighted by Crippen LogP contribution is 2.17. The minimum absolute atomic E-state index is 0.172. The number of amides is 1. The Morgan fingerprint density at radius 2 is 2.24 bits per heavy atom. The van der Waals surface area contributed by atoms with Gasteiger partial charge in [0, 0.05) is 11.6 Å².